The van der Waals surface area contributed by atoms with Crippen LogP contribution in [0.3, 0.4) is 0 Å². The van der Waals surface area contributed by atoms with Crippen LogP contribution in [0.1, 0.15) is 38.8 Å². The molecule has 1 heterocycles. The summed E-state index contributed by atoms with van der Waals surface area (Å²) in [5, 5.41) is 2.78. The van der Waals surface area contributed by atoms with Crippen molar-refractivity contribution in [2.24, 2.45) is 0 Å². The molecule has 2 aromatic rings. The zero-order chi connectivity index (χ0) is 31.2. The molecule has 0 aliphatic carbocycles. The van der Waals surface area contributed by atoms with Crippen LogP contribution < -0.4 is 10.1 Å². The molecule has 1 aliphatic rings. The van der Waals surface area contributed by atoms with E-state index in [0.29, 0.717) is 28.7 Å². The summed E-state index contributed by atoms with van der Waals surface area (Å²) in [6, 6.07) is 10.1. The number of hydrogen-bond donors (Lipinski definition) is 1. The van der Waals surface area contributed by atoms with Crippen molar-refractivity contribution in [1.82, 2.24) is 19.4 Å². The number of esters is 1. The Morgan fingerprint density at radius 1 is 0.976 bits per heavy atom. The average molecular weight is 603 g/mol. The van der Waals surface area contributed by atoms with E-state index in [1.54, 1.807) is 62.1 Å². The number of aryl methyl sites for hydroxylation is 1. The first-order valence-corrected chi connectivity index (χ1v) is 15.4. The first-order chi connectivity index (χ1) is 19.6. The number of nitrogens with zero attached hydrogens (tertiary/aromatic N) is 3. The van der Waals surface area contributed by atoms with E-state index in [2.05, 4.69) is 10.2 Å². The second kappa shape index (κ2) is 13.7. The van der Waals surface area contributed by atoms with E-state index in [1.165, 1.54) is 26.1 Å². The van der Waals surface area contributed by atoms with Crippen LogP contribution in [0.4, 0.5) is 4.79 Å². The zero-order valence-electron chi connectivity index (χ0n) is 25.4. The SMILES string of the molecule is CN[C@@H](C)C(=O)N([C@@H](Cc1ccc(OC(=O)N2CCN(C)CC2)cc1)C(=O)OC(C)(C)C)S(=O)(=O)c1ccc(C)cc1. The molecule has 0 bridgehead atoms. The van der Waals surface area contributed by atoms with Crippen molar-refractivity contribution >= 4 is 28.0 Å². The zero-order valence-corrected chi connectivity index (χ0v) is 26.2. The molecule has 1 aliphatic heterocycles. The summed E-state index contributed by atoms with van der Waals surface area (Å²) in [6.45, 7) is 11.0. The summed E-state index contributed by atoms with van der Waals surface area (Å²) in [4.78, 5) is 43.4. The van der Waals surface area contributed by atoms with Crippen LogP contribution in [0.15, 0.2) is 53.4 Å². The van der Waals surface area contributed by atoms with Gasteiger partial charge in [0.25, 0.3) is 15.9 Å². The molecule has 42 heavy (non-hydrogen) atoms. The predicted molar refractivity (Wildman–Crippen MR) is 159 cm³/mol. The third kappa shape index (κ3) is 8.52. The monoisotopic (exact) mass is 602 g/mol. The molecule has 0 aromatic heterocycles. The van der Waals surface area contributed by atoms with Gasteiger partial charge in [0.05, 0.1) is 10.9 Å². The van der Waals surface area contributed by atoms with Crippen LogP contribution in [0.25, 0.3) is 0 Å². The number of carbonyl (C=O) groups excluding carboxylic acids is 3. The molecular weight excluding hydrogens is 560 g/mol. The molecule has 1 fully saturated rings. The van der Waals surface area contributed by atoms with Crippen molar-refractivity contribution in [3.8, 4) is 5.75 Å². The number of carbonyl (C=O) groups is 3. The van der Waals surface area contributed by atoms with Crippen LogP contribution in [-0.4, -0.2) is 98.5 Å². The van der Waals surface area contributed by atoms with Crippen molar-refractivity contribution in [2.45, 2.75) is 63.6 Å². The highest BCUT2D eigenvalue weighted by atomic mass is 32.2. The largest absolute Gasteiger partial charge is 0.458 e. The lowest BCUT2D eigenvalue weighted by atomic mass is 10.0. The van der Waals surface area contributed by atoms with Crippen molar-refractivity contribution in [2.75, 3.05) is 40.3 Å². The first-order valence-electron chi connectivity index (χ1n) is 13.9. The maximum atomic E-state index is 14.0. The van der Waals surface area contributed by atoms with E-state index in [9.17, 15) is 22.8 Å². The Kier molecular flexibility index (Phi) is 10.7. The number of amides is 2. The number of sulfonamides is 1. The van der Waals surface area contributed by atoms with Crippen molar-refractivity contribution in [3.05, 3.63) is 59.7 Å². The molecule has 1 N–H and O–H groups in total. The molecule has 2 atom stereocenters. The predicted octanol–water partition coefficient (Wildman–Crippen LogP) is 2.82. The summed E-state index contributed by atoms with van der Waals surface area (Å²) >= 11 is 0. The molecule has 230 valence electrons. The van der Waals surface area contributed by atoms with Crippen molar-refractivity contribution in [3.63, 3.8) is 0 Å². The van der Waals surface area contributed by atoms with Gasteiger partial charge in [0, 0.05) is 32.6 Å². The van der Waals surface area contributed by atoms with Gasteiger partial charge >= 0.3 is 12.1 Å². The maximum absolute atomic E-state index is 14.0. The van der Waals surface area contributed by atoms with Crippen LogP contribution in [0.5, 0.6) is 5.75 Å². The van der Waals surface area contributed by atoms with Gasteiger partial charge in [-0.1, -0.05) is 29.8 Å². The Morgan fingerprint density at radius 3 is 2.07 bits per heavy atom. The second-order valence-electron chi connectivity index (χ2n) is 11.5. The van der Waals surface area contributed by atoms with Gasteiger partial charge in [0.15, 0.2) is 0 Å². The molecule has 0 saturated carbocycles. The van der Waals surface area contributed by atoms with E-state index in [-0.39, 0.29) is 11.3 Å². The standard InChI is InChI=1S/C30H42N4O7S/c1-21-8-14-25(15-9-21)42(38,39)34(27(35)22(2)31-6)26(28(36)41-30(3,4)5)20-23-10-12-24(13-11-23)40-29(37)33-18-16-32(7)17-19-33/h8-15,22,26,31H,16-20H2,1-7H3/t22-,26-/m0/s1. The normalized spacial score (nSPS) is 15.9. The van der Waals surface area contributed by atoms with E-state index in [4.69, 9.17) is 9.47 Å². The Morgan fingerprint density at radius 2 is 1.55 bits per heavy atom. The van der Waals surface area contributed by atoms with Gasteiger partial charge in [-0.3, -0.25) is 4.79 Å². The maximum Gasteiger partial charge on any atom is 0.415 e. The van der Waals surface area contributed by atoms with Crippen LogP contribution in [-0.2, 0) is 30.8 Å². The number of benzene rings is 2. The molecule has 2 aromatic carbocycles. The Hall–Kier alpha value is -3.48. The Bertz CT molecular complexity index is 1350. The van der Waals surface area contributed by atoms with Crippen LogP contribution >= 0.6 is 0 Å². The summed E-state index contributed by atoms with van der Waals surface area (Å²) in [5.41, 5.74) is 0.444. The third-order valence-corrected chi connectivity index (χ3v) is 8.70. The highest BCUT2D eigenvalue weighted by Gasteiger charge is 2.43. The molecule has 2 amide bonds. The van der Waals surface area contributed by atoms with E-state index in [1.807, 2.05) is 14.0 Å². The Balaban J connectivity index is 1.95. The highest BCUT2D eigenvalue weighted by Crippen LogP contribution is 2.25. The molecule has 0 unspecified atom stereocenters. The molecule has 0 radical (unpaired) electrons. The quantitative estimate of drug-likeness (QED) is 0.431. The summed E-state index contributed by atoms with van der Waals surface area (Å²) in [7, 11) is -0.944. The fourth-order valence-corrected chi connectivity index (χ4v) is 5.88. The molecule has 0 spiro atoms. The molecule has 11 nitrogen and oxygen atoms in total. The van der Waals surface area contributed by atoms with Crippen molar-refractivity contribution in [1.29, 1.82) is 0 Å². The summed E-state index contributed by atoms with van der Waals surface area (Å²) in [6.07, 6.45) is -0.612. The number of rotatable bonds is 9. The highest BCUT2D eigenvalue weighted by molar-refractivity contribution is 7.89. The fraction of sp³-hybridized carbons (Fsp3) is 0.500. The molecular formula is C30H42N4O7S. The number of likely N-dealkylation sites (N-methyl/N-ethyl adjacent to an activating group) is 2. The lowest BCUT2D eigenvalue weighted by Gasteiger charge is -2.33. The van der Waals surface area contributed by atoms with Gasteiger partial charge < -0.3 is 24.6 Å². The van der Waals surface area contributed by atoms with Crippen LogP contribution in [0, 0.1) is 6.92 Å². The number of ether oxygens (including phenoxy) is 2. The second-order valence-corrected chi connectivity index (χ2v) is 13.3. The fourth-order valence-electron chi connectivity index (χ4n) is 4.28. The average Bonchev–Trinajstić information content (AvgIpc) is 2.92. The van der Waals surface area contributed by atoms with Gasteiger partial charge in [0.2, 0.25) is 0 Å². The first kappa shape index (κ1) is 33.0. The smallest absolute Gasteiger partial charge is 0.415 e. The topological polar surface area (TPSA) is 126 Å². The number of piperazine rings is 1. The Labute approximate surface area is 248 Å². The summed E-state index contributed by atoms with van der Waals surface area (Å²) in [5.74, 6) is -1.35. The minimum absolute atomic E-state index is 0.121. The van der Waals surface area contributed by atoms with Crippen LogP contribution in [0.2, 0.25) is 0 Å². The number of hydrogen-bond acceptors (Lipinski definition) is 9. The van der Waals surface area contributed by atoms with Gasteiger partial charge in [-0.25, -0.2) is 22.3 Å². The van der Waals surface area contributed by atoms with Gasteiger partial charge in [0.1, 0.15) is 17.4 Å². The van der Waals surface area contributed by atoms with Gasteiger partial charge in [-0.15, -0.1) is 0 Å². The summed E-state index contributed by atoms with van der Waals surface area (Å²) < 4.78 is 39.7. The lowest BCUT2D eigenvalue weighted by Crippen LogP contribution is -2.55. The molecule has 3 rings (SSSR count). The number of nitrogens with one attached hydrogen (secondary N) is 1. The lowest BCUT2D eigenvalue weighted by molar-refractivity contribution is -0.162. The van der Waals surface area contributed by atoms with Crippen molar-refractivity contribution < 1.29 is 32.3 Å². The molecule has 12 heteroatoms. The van der Waals surface area contributed by atoms with Gasteiger partial charge in [-0.05, 0) is 78.5 Å². The molecule has 1 saturated heterocycles. The van der Waals surface area contributed by atoms with E-state index < -0.39 is 45.7 Å². The van der Waals surface area contributed by atoms with E-state index in [0.717, 1.165) is 18.7 Å². The third-order valence-electron chi connectivity index (χ3n) is 6.88. The minimum Gasteiger partial charge on any atom is -0.458 e. The minimum atomic E-state index is -4.47. The van der Waals surface area contributed by atoms with Gasteiger partial charge in [-0.2, -0.15) is 0 Å². The van der Waals surface area contributed by atoms with E-state index >= 15 is 0 Å².